The zero-order chi connectivity index (χ0) is 22.4. The SMILES string of the molecule is O=C(CCc1ccccc1)N1CCC(O)(Cn2cnc(Cc3ccccc3)cc2=O)CC1. The smallest absolute Gasteiger partial charge is 0.253 e. The molecule has 0 bridgehead atoms. The summed E-state index contributed by atoms with van der Waals surface area (Å²) in [5.41, 5.74) is 1.78. The first kappa shape index (κ1) is 22.0. The first-order valence-corrected chi connectivity index (χ1v) is 11.1. The summed E-state index contributed by atoms with van der Waals surface area (Å²) in [7, 11) is 0. The molecule has 0 spiro atoms. The predicted molar refractivity (Wildman–Crippen MR) is 123 cm³/mol. The second-order valence-corrected chi connectivity index (χ2v) is 8.60. The lowest BCUT2D eigenvalue weighted by atomic mass is 9.91. The van der Waals surface area contributed by atoms with E-state index in [4.69, 9.17) is 0 Å². The Morgan fingerprint density at radius 1 is 0.969 bits per heavy atom. The molecule has 0 saturated carbocycles. The Labute approximate surface area is 188 Å². The Hall–Kier alpha value is -3.25. The van der Waals surface area contributed by atoms with Crippen molar-refractivity contribution >= 4 is 5.91 Å². The largest absolute Gasteiger partial charge is 0.388 e. The Bertz CT molecular complexity index is 1090. The quantitative estimate of drug-likeness (QED) is 0.624. The van der Waals surface area contributed by atoms with Gasteiger partial charge in [0.1, 0.15) is 0 Å². The maximum atomic E-state index is 12.6. The molecule has 6 nitrogen and oxygen atoms in total. The Morgan fingerprint density at radius 2 is 1.59 bits per heavy atom. The number of aliphatic hydroxyl groups is 1. The number of aromatic nitrogens is 2. The lowest BCUT2D eigenvalue weighted by molar-refractivity contribution is -0.135. The van der Waals surface area contributed by atoms with E-state index in [0.717, 1.165) is 17.5 Å². The van der Waals surface area contributed by atoms with Gasteiger partial charge in [-0.05, 0) is 30.4 Å². The van der Waals surface area contributed by atoms with E-state index in [1.165, 1.54) is 10.9 Å². The number of hydrogen-bond donors (Lipinski definition) is 1. The number of aryl methyl sites for hydroxylation is 1. The fourth-order valence-electron chi connectivity index (χ4n) is 4.19. The van der Waals surface area contributed by atoms with Gasteiger partial charge in [-0.1, -0.05) is 60.7 Å². The molecule has 1 aliphatic heterocycles. The van der Waals surface area contributed by atoms with Crippen LogP contribution in [0.15, 0.2) is 77.9 Å². The van der Waals surface area contributed by atoms with Gasteiger partial charge in [0, 0.05) is 32.0 Å². The maximum Gasteiger partial charge on any atom is 0.253 e. The molecule has 2 aromatic carbocycles. The van der Waals surface area contributed by atoms with Gasteiger partial charge in [0.15, 0.2) is 0 Å². The third-order valence-electron chi connectivity index (χ3n) is 6.15. The maximum absolute atomic E-state index is 12.6. The molecule has 6 heteroatoms. The Morgan fingerprint density at radius 3 is 2.22 bits per heavy atom. The average molecular weight is 432 g/mol. The number of carbonyl (C=O) groups is 1. The molecule has 3 aromatic rings. The zero-order valence-corrected chi connectivity index (χ0v) is 18.2. The van der Waals surface area contributed by atoms with E-state index in [-0.39, 0.29) is 18.0 Å². The number of rotatable bonds is 7. The molecule has 32 heavy (non-hydrogen) atoms. The minimum absolute atomic E-state index is 0.111. The van der Waals surface area contributed by atoms with Crippen molar-refractivity contribution < 1.29 is 9.90 Å². The molecule has 1 saturated heterocycles. The first-order chi connectivity index (χ1) is 15.5. The van der Waals surface area contributed by atoms with Gasteiger partial charge in [0.2, 0.25) is 5.91 Å². The van der Waals surface area contributed by atoms with Crippen LogP contribution in [0.3, 0.4) is 0 Å². The van der Waals surface area contributed by atoms with Gasteiger partial charge in [0.05, 0.1) is 24.2 Å². The van der Waals surface area contributed by atoms with Crippen LogP contribution in [0.2, 0.25) is 0 Å². The summed E-state index contributed by atoms with van der Waals surface area (Å²) in [6.07, 6.45) is 4.20. The lowest BCUT2D eigenvalue weighted by Crippen LogP contribution is -2.49. The van der Waals surface area contributed by atoms with Gasteiger partial charge < -0.3 is 10.0 Å². The number of amides is 1. The van der Waals surface area contributed by atoms with Crippen molar-refractivity contribution in [1.82, 2.24) is 14.5 Å². The molecule has 1 amide bonds. The van der Waals surface area contributed by atoms with Crippen LogP contribution in [0.25, 0.3) is 0 Å². The second kappa shape index (κ2) is 9.92. The van der Waals surface area contributed by atoms with Gasteiger partial charge in [0.25, 0.3) is 5.56 Å². The molecule has 4 rings (SSSR count). The van der Waals surface area contributed by atoms with Gasteiger partial charge in [-0.25, -0.2) is 4.98 Å². The molecule has 166 valence electrons. The van der Waals surface area contributed by atoms with E-state index < -0.39 is 5.60 Å². The van der Waals surface area contributed by atoms with E-state index in [9.17, 15) is 14.7 Å². The molecular weight excluding hydrogens is 402 g/mol. The van der Waals surface area contributed by atoms with Crippen LogP contribution in [0.5, 0.6) is 0 Å². The molecule has 0 aliphatic carbocycles. The molecule has 1 fully saturated rings. The highest BCUT2D eigenvalue weighted by Crippen LogP contribution is 2.24. The van der Waals surface area contributed by atoms with Gasteiger partial charge in [-0.15, -0.1) is 0 Å². The molecule has 1 aliphatic rings. The number of benzene rings is 2. The summed E-state index contributed by atoms with van der Waals surface area (Å²) in [6, 6.07) is 21.4. The van der Waals surface area contributed by atoms with Crippen molar-refractivity contribution in [3.05, 3.63) is 100 Å². The normalized spacial score (nSPS) is 15.5. The molecule has 0 radical (unpaired) electrons. The number of nitrogens with zero attached hydrogens (tertiary/aromatic N) is 3. The van der Waals surface area contributed by atoms with E-state index in [0.29, 0.717) is 44.5 Å². The number of piperidine rings is 1. The Kier molecular flexibility index (Phi) is 6.81. The molecule has 2 heterocycles. The monoisotopic (exact) mass is 431 g/mol. The topological polar surface area (TPSA) is 75.4 Å². The molecule has 0 unspecified atom stereocenters. The highest BCUT2D eigenvalue weighted by atomic mass is 16.3. The molecule has 1 N–H and O–H groups in total. The third-order valence-corrected chi connectivity index (χ3v) is 6.15. The van der Waals surface area contributed by atoms with Gasteiger partial charge in [-0.2, -0.15) is 0 Å². The van der Waals surface area contributed by atoms with Crippen LogP contribution in [0.4, 0.5) is 0 Å². The second-order valence-electron chi connectivity index (χ2n) is 8.60. The van der Waals surface area contributed by atoms with Crippen molar-refractivity contribution in [2.24, 2.45) is 0 Å². The minimum atomic E-state index is -1.01. The first-order valence-electron chi connectivity index (χ1n) is 11.1. The van der Waals surface area contributed by atoms with Crippen molar-refractivity contribution in [2.45, 2.75) is 44.2 Å². The lowest BCUT2D eigenvalue weighted by Gasteiger charge is -2.38. The zero-order valence-electron chi connectivity index (χ0n) is 18.2. The van der Waals surface area contributed by atoms with Crippen LogP contribution in [0.1, 0.15) is 36.1 Å². The average Bonchev–Trinajstić information content (AvgIpc) is 2.81. The number of hydrogen-bond acceptors (Lipinski definition) is 4. The Balaban J connectivity index is 1.30. The van der Waals surface area contributed by atoms with Crippen molar-refractivity contribution in [2.75, 3.05) is 13.1 Å². The number of likely N-dealkylation sites (tertiary alicyclic amines) is 1. The van der Waals surface area contributed by atoms with Crippen LogP contribution in [0, 0.1) is 0 Å². The van der Waals surface area contributed by atoms with Crippen molar-refractivity contribution in [3.8, 4) is 0 Å². The standard InChI is InChI=1S/C26H29N3O3/c30-24(12-11-21-7-3-1-4-8-21)28-15-13-26(32,14-16-28)19-29-20-27-23(18-25(29)31)17-22-9-5-2-6-10-22/h1-10,18,20,32H,11-17,19H2. The van der Waals surface area contributed by atoms with Crippen LogP contribution in [-0.4, -0.2) is 44.2 Å². The summed E-state index contributed by atoms with van der Waals surface area (Å²) in [6.45, 7) is 1.19. The van der Waals surface area contributed by atoms with Crippen LogP contribution < -0.4 is 5.56 Å². The third kappa shape index (κ3) is 5.71. The minimum Gasteiger partial charge on any atom is -0.388 e. The molecular formula is C26H29N3O3. The van der Waals surface area contributed by atoms with E-state index in [1.54, 1.807) is 6.07 Å². The predicted octanol–water partition coefficient (Wildman–Crippen LogP) is 2.82. The summed E-state index contributed by atoms with van der Waals surface area (Å²) < 4.78 is 1.47. The fourth-order valence-corrected chi connectivity index (χ4v) is 4.19. The van der Waals surface area contributed by atoms with Crippen molar-refractivity contribution in [1.29, 1.82) is 0 Å². The highest BCUT2D eigenvalue weighted by molar-refractivity contribution is 5.76. The number of carbonyl (C=O) groups excluding carboxylic acids is 1. The van der Waals surface area contributed by atoms with E-state index >= 15 is 0 Å². The van der Waals surface area contributed by atoms with Gasteiger partial charge in [-0.3, -0.25) is 14.2 Å². The van der Waals surface area contributed by atoms with E-state index in [1.807, 2.05) is 65.6 Å². The van der Waals surface area contributed by atoms with Crippen LogP contribution in [-0.2, 0) is 24.2 Å². The van der Waals surface area contributed by atoms with Crippen molar-refractivity contribution in [3.63, 3.8) is 0 Å². The van der Waals surface area contributed by atoms with Crippen LogP contribution >= 0.6 is 0 Å². The highest BCUT2D eigenvalue weighted by Gasteiger charge is 2.34. The van der Waals surface area contributed by atoms with E-state index in [2.05, 4.69) is 4.98 Å². The summed E-state index contributed by atoms with van der Waals surface area (Å²) >= 11 is 0. The summed E-state index contributed by atoms with van der Waals surface area (Å²) in [4.78, 5) is 31.4. The van der Waals surface area contributed by atoms with Gasteiger partial charge >= 0.3 is 0 Å². The fraction of sp³-hybridized carbons (Fsp3) is 0.346. The summed E-state index contributed by atoms with van der Waals surface area (Å²) in [5.74, 6) is 0.111. The summed E-state index contributed by atoms with van der Waals surface area (Å²) in [5, 5.41) is 11.0. The molecule has 1 aromatic heterocycles. The molecule has 0 atom stereocenters.